The van der Waals surface area contributed by atoms with Gasteiger partial charge in [-0.3, -0.25) is 4.57 Å². The van der Waals surface area contributed by atoms with Crippen LogP contribution in [-0.2, 0) is 0 Å². The normalized spacial score (nSPS) is 10.8. The molecule has 0 radical (unpaired) electrons. The summed E-state index contributed by atoms with van der Waals surface area (Å²) in [5.74, 6) is -0.868. The number of methoxy groups -OCH3 is 1. The molecule has 0 saturated carbocycles. The van der Waals surface area contributed by atoms with Crippen LogP contribution in [0.25, 0.3) is 5.69 Å². The second kappa shape index (κ2) is 5.20. The van der Waals surface area contributed by atoms with Gasteiger partial charge in [0, 0.05) is 6.04 Å². The smallest absolute Gasteiger partial charge is 0.374 e. The van der Waals surface area contributed by atoms with Crippen LogP contribution in [0.1, 0.15) is 30.5 Å². The van der Waals surface area contributed by atoms with Crippen LogP contribution in [0, 0.1) is 0 Å². The molecule has 0 unspecified atom stereocenters. The van der Waals surface area contributed by atoms with E-state index in [1.54, 1.807) is 38.1 Å². The molecule has 0 aliphatic rings. The average molecular weight is 277 g/mol. The Labute approximate surface area is 115 Å². The molecule has 1 N–H and O–H groups in total. The van der Waals surface area contributed by atoms with E-state index in [0.717, 1.165) is 9.25 Å². The van der Waals surface area contributed by atoms with Gasteiger partial charge in [-0.25, -0.2) is 9.59 Å². The molecule has 0 bridgehead atoms. The quantitative estimate of drug-likeness (QED) is 0.910. The van der Waals surface area contributed by atoms with Crippen LogP contribution in [-0.4, -0.2) is 32.5 Å². The zero-order chi connectivity index (χ0) is 14.9. The fraction of sp³-hybridized carbons (Fsp3) is 0.308. The molecule has 0 atom stereocenters. The summed E-state index contributed by atoms with van der Waals surface area (Å²) in [6.45, 7) is 3.46. The van der Waals surface area contributed by atoms with Gasteiger partial charge in [0.2, 0.25) is 5.82 Å². The van der Waals surface area contributed by atoms with Gasteiger partial charge < -0.3 is 9.84 Å². The zero-order valence-electron chi connectivity index (χ0n) is 11.4. The van der Waals surface area contributed by atoms with Crippen molar-refractivity contribution in [2.75, 3.05) is 7.11 Å². The van der Waals surface area contributed by atoms with Crippen LogP contribution in [0.2, 0.25) is 0 Å². The van der Waals surface area contributed by atoms with Crippen molar-refractivity contribution < 1.29 is 14.6 Å². The van der Waals surface area contributed by atoms with Gasteiger partial charge in [-0.2, -0.15) is 4.68 Å². The molecule has 7 nitrogen and oxygen atoms in total. The van der Waals surface area contributed by atoms with Crippen molar-refractivity contribution in [3.05, 3.63) is 40.6 Å². The highest BCUT2D eigenvalue weighted by molar-refractivity contribution is 5.83. The summed E-state index contributed by atoms with van der Waals surface area (Å²) in [6.07, 6.45) is 0. The molecule has 106 valence electrons. The molecule has 0 aliphatic heterocycles. The first kappa shape index (κ1) is 13.9. The van der Waals surface area contributed by atoms with Crippen molar-refractivity contribution in [3.8, 4) is 11.4 Å². The van der Waals surface area contributed by atoms with E-state index in [2.05, 4.69) is 5.10 Å². The minimum absolute atomic E-state index is 0.277. The first-order chi connectivity index (χ1) is 9.45. The largest absolute Gasteiger partial charge is 0.497 e. The maximum Gasteiger partial charge on any atom is 0.374 e. The molecule has 7 heteroatoms. The van der Waals surface area contributed by atoms with E-state index in [1.165, 1.54) is 7.11 Å². The fourth-order valence-electron chi connectivity index (χ4n) is 1.88. The number of hydrogen-bond acceptors (Lipinski definition) is 4. The van der Waals surface area contributed by atoms with E-state index in [4.69, 9.17) is 9.84 Å². The summed E-state index contributed by atoms with van der Waals surface area (Å²) in [5.41, 5.74) is 0.000247. The third kappa shape index (κ3) is 2.29. The summed E-state index contributed by atoms with van der Waals surface area (Å²) in [6, 6.07) is 6.35. The van der Waals surface area contributed by atoms with E-state index >= 15 is 0 Å². The molecule has 1 aromatic carbocycles. The molecular formula is C13H15N3O4. The lowest BCUT2D eigenvalue weighted by atomic mass is 10.3. The fourth-order valence-corrected chi connectivity index (χ4v) is 1.88. The van der Waals surface area contributed by atoms with Crippen LogP contribution in [0.3, 0.4) is 0 Å². The Hall–Kier alpha value is -2.57. The number of aromatic nitrogens is 3. The SMILES string of the molecule is COc1ccc(-n2nc(C(=O)O)n(C(C)C)c2=O)cc1. The summed E-state index contributed by atoms with van der Waals surface area (Å²) < 4.78 is 7.25. The van der Waals surface area contributed by atoms with Crippen molar-refractivity contribution in [2.24, 2.45) is 0 Å². The van der Waals surface area contributed by atoms with E-state index in [0.29, 0.717) is 11.4 Å². The summed E-state index contributed by atoms with van der Waals surface area (Å²) >= 11 is 0. The Morgan fingerprint density at radius 2 is 1.90 bits per heavy atom. The van der Waals surface area contributed by atoms with Gasteiger partial charge in [0.05, 0.1) is 12.8 Å². The Morgan fingerprint density at radius 1 is 1.30 bits per heavy atom. The number of benzene rings is 1. The first-order valence-electron chi connectivity index (χ1n) is 6.05. The molecular weight excluding hydrogens is 262 g/mol. The lowest BCUT2D eigenvalue weighted by Gasteiger charge is -2.05. The number of carbonyl (C=O) groups is 1. The van der Waals surface area contributed by atoms with Gasteiger partial charge in [-0.1, -0.05) is 0 Å². The molecule has 2 rings (SSSR count). The lowest BCUT2D eigenvalue weighted by molar-refractivity contribution is 0.0675. The van der Waals surface area contributed by atoms with Gasteiger partial charge in [0.1, 0.15) is 5.75 Å². The summed E-state index contributed by atoms with van der Waals surface area (Å²) in [4.78, 5) is 23.4. The number of nitrogens with zero attached hydrogens (tertiary/aromatic N) is 3. The number of rotatable bonds is 4. The van der Waals surface area contributed by atoms with E-state index < -0.39 is 11.7 Å². The maximum absolute atomic E-state index is 12.3. The van der Waals surface area contributed by atoms with Gasteiger partial charge >= 0.3 is 11.7 Å². The molecule has 2 aromatic rings. The standard InChI is InChI=1S/C13H15N3O4/c1-8(2)15-11(12(17)18)14-16(13(15)19)9-4-6-10(20-3)7-5-9/h4-8H,1-3H3,(H,17,18). The Morgan fingerprint density at radius 3 is 2.30 bits per heavy atom. The Bertz CT molecular complexity index is 683. The highest BCUT2D eigenvalue weighted by Crippen LogP contribution is 2.14. The Balaban J connectivity index is 2.60. The molecule has 0 spiro atoms. The van der Waals surface area contributed by atoms with E-state index in [-0.39, 0.29) is 11.9 Å². The number of carboxylic acid groups (broad SMARTS) is 1. The third-order valence-corrected chi connectivity index (χ3v) is 2.83. The van der Waals surface area contributed by atoms with Gasteiger partial charge in [0.25, 0.3) is 0 Å². The van der Waals surface area contributed by atoms with Crippen molar-refractivity contribution in [3.63, 3.8) is 0 Å². The summed E-state index contributed by atoms with van der Waals surface area (Å²) in [5, 5.41) is 13.0. The second-order valence-corrected chi connectivity index (χ2v) is 4.48. The molecule has 0 aliphatic carbocycles. The van der Waals surface area contributed by atoms with Gasteiger partial charge in [0.15, 0.2) is 0 Å². The molecule has 0 saturated heterocycles. The summed E-state index contributed by atoms with van der Waals surface area (Å²) in [7, 11) is 1.54. The molecule has 1 aromatic heterocycles. The lowest BCUT2D eigenvalue weighted by Crippen LogP contribution is -2.26. The number of carboxylic acids is 1. The van der Waals surface area contributed by atoms with Crippen molar-refractivity contribution in [2.45, 2.75) is 19.9 Å². The predicted octanol–water partition coefficient (Wildman–Crippen LogP) is 1.32. The van der Waals surface area contributed by atoms with Crippen molar-refractivity contribution in [1.82, 2.24) is 14.3 Å². The minimum Gasteiger partial charge on any atom is -0.497 e. The number of ether oxygens (including phenoxy) is 1. The Kier molecular flexibility index (Phi) is 3.60. The zero-order valence-corrected chi connectivity index (χ0v) is 11.4. The number of hydrogen-bond donors (Lipinski definition) is 1. The van der Waals surface area contributed by atoms with Gasteiger partial charge in [-0.05, 0) is 38.1 Å². The molecule has 1 heterocycles. The van der Waals surface area contributed by atoms with Crippen LogP contribution in [0.5, 0.6) is 5.75 Å². The van der Waals surface area contributed by atoms with Crippen molar-refractivity contribution in [1.29, 1.82) is 0 Å². The topological polar surface area (TPSA) is 86.3 Å². The van der Waals surface area contributed by atoms with Crippen LogP contribution in [0.4, 0.5) is 0 Å². The van der Waals surface area contributed by atoms with E-state index in [1.807, 2.05) is 0 Å². The molecule has 0 amide bonds. The predicted molar refractivity (Wildman–Crippen MR) is 71.7 cm³/mol. The third-order valence-electron chi connectivity index (χ3n) is 2.83. The second-order valence-electron chi connectivity index (χ2n) is 4.48. The minimum atomic E-state index is -1.23. The highest BCUT2D eigenvalue weighted by atomic mass is 16.5. The average Bonchev–Trinajstić information content (AvgIpc) is 2.77. The van der Waals surface area contributed by atoms with E-state index in [9.17, 15) is 9.59 Å². The van der Waals surface area contributed by atoms with Crippen LogP contribution >= 0.6 is 0 Å². The maximum atomic E-state index is 12.3. The first-order valence-corrected chi connectivity index (χ1v) is 6.05. The van der Waals surface area contributed by atoms with Crippen LogP contribution in [0.15, 0.2) is 29.1 Å². The van der Waals surface area contributed by atoms with Crippen molar-refractivity contribution >= 4 is 5.97 Å². The molecule has 0 fully saturated rings. The van der Waals surface area contributed by atoms with Gasteiger partial charge in [-0.15, -0.1) is 5.10 Å². The molecule has 20 heavy (non-hydrogen) atoms. The monoisotopic (exact) mass is 277 g/mol. The highest BCUT2D eigenvalue weighted by Gasteiger charge is 2.21. The van der Waals surface area contributed by atoms with Crippen LogP contribution < -0.4 is 10.4 Å². The number of aromatic carboxylic acids is 1.